The van der Waals surface area contributed by atoms with Crippen LogP contribution in [-0.4, -0.2) is 55.1 Å². The molecule has 1 fully saturated rings. The summed E-state index contributed by atoms with van der Waals surface area (Å²) in [5.41, 5.74) is 5.70. The number of hydrogen-bond acceptors (Lipinski definition) is 3. The molecule has 1 saturated heterocycles. The van der Waals surface area contributed by atoms with Crippen molar-refractivity contribution >= 4 is 0 Å². The predicted octanol–water partition coefficient (Wildman–Crippen LogP) is 0.996. The molecule has 1 heterocycles. The van der Waals surface area contributed by atoms with Crippen molar-refractivity contribution in [3.8, 4) is 0 Å². The Hall–Kier alpha value is -0.120. The van der Waals surface area contributed by atoms with E-state index < -0.39 is 0 Å². The van der Waals surface area contributed by atoms with Crippen molar-refractivity contribution in [3.63, 3.8) is 0 Å². The monoisotopic (exact) mass is 213 g/mol. The first-order valence-electron chi connectivity index (χ1n) is 6.19. The minimum absolute atomic E-state index is 0.658. The smallest absolute Gasteiger partial charge is 0.0238 e. The van der Waals surface area contributed by atoms with Crippen LogP contribution in [0.4, 0.5) is 0 Å². The van der Waals surface area contributed by atoms with Crippen LogP contribution in [0.15, 0.2) is 0 Å². The Labute approximate surface area is 94.6 Å². The number of likely N-dealkylation sites (N-methyl/N-ethyl adjacent to an activating group) is 1. The maximum absolute atomic E-state index is 5.70. The third-order valence-electron chi connectivity index (χ3n) is 3.21. The second-order valence-electron chi connectivity index (χ2n) is 5.39. The van der Waals surface area contributed by atoms with Crippen LogP contribution in [0.1, 0.15) is 27.2 Å². The van der Waals surface area contributed by atoms with Gasteiger partial charge in [-0.05, 0) is 32.9 Å². The van der Waals surface area contributed by atoms with E-state index in [4.69, 9.17) is 5.73 Å². The highest BCUT2D eigenvalue weighted by Gasteiger charge is 2.29. The lowest BCUT2D eigenvalue weighted by molar-refractivity contribution is 0.0317. The molecule has 2 unspecified atom stereocenters. The zero-order valence-corrected chi connectivity index (χ0v) is 10.7. The highest BCUT2D eigenvalue weighted by molar-refractivity contribution is 4.86. The Balaban J connectivity index is 2.59. The molecule has 15 heavy (non-hydrogen) atoms. The minimum atomic E-state index is 0.658. The van der Waals surface area contributed by atoms with E-state index in [0.717, 1.165) is 18.9 Å². The van der Waals surface area contributed by atoms with Gasteiger partial charge in [-0.25, -0.2) is 0 Å². The summed E-state index contributed by atoms with van der Waals surface area (Å²) in [4.78, 5) is 5.08. The van der Waals surface area contributed by atoms with Gasteiger partial charge in [0.25, 0.3) is 0 Å². The molecule has 0 aliphatic carbocycles. The van der Waals surface area contributed by atoms with Crippen LogP contribution in [0.3, 0.4) is 0 Å². The molecule has 2 N–H and O–H groups in total. The van der Waals surface area contributed by atoms with Gasteiger partial charge in [0.2, 0.25) is 0 Å². The average Bonchev–Trinajstić information content (AvgIpc) is 2.11. The van der Waals surface area contributed by atoms with Crippen molar-refractivity contribution in [1.29, 1.82) is 0 Å². The van der Waals surface area contributed by atoms with Gasteiger partial charge in [0, 0.05) is 31.7 Å². The molecule has 0 radical (unpaired) electrons. The zero-order chi connectivity index (χ0) is 11.4. The van der Waals surface area contributed by atoms with Crippen LogP contribution >= 0.6 is 0 Å². The molecule has 0 saturated carbocycles. The molecule has 0 spiro atoms. The largest absolute Gasteiger partial charge is 0.330 e. The van der Waals surface area contributed by atoms with Gasteiger partial charge in [0.05, 0.1) is 0 Å². The summed E-state index contributed by atoms with van der Waals surface area (Å²) >= 11 is 0. The number of nitrogens with zero attached hydrogens (tertiary/aromatic N) is 2. The van der Waals surface area contributed by atoms with Gasteiger partial charge in [0.1, 0.15) is 0 Å². The highest BCUT2D eigenvalue weighted by atomic mass is 15.3. The fourth-order valence-electron chi connectivity index (χ4n) is 2.66. The summed E-state index contributed by atoms with van der Waals surface area (Å²) in [5, 5.41) is 0. The molecule has 1 rings (SSSR count). The van der Waals surface area contributed by atoms with Crippen molar-refractivity contribution < 1.29 is 0 Å². The van der Waals surface area contributed by atoms with Crippen molar-refractivity contribution in [2.24, 2.45) is 11.7 Å². The van der Waals surface area contributed by atoms with Crippen LogP contribution in [-0.2, 0) is 0 Å². The molecular formula is C12H27N3. The molecule has 1 aliphatic rings. The highest BCUT2D eigenvalue weighted by Crippen LogP contribution is 2.18. The van der Waals surface area contributed by atoms with Crippen molar-refractivity contribution in [2.75, 3.05) is 33.2 Å². The molecule has 0 aromatic heterocycles. The van der Waals surface area contributed by atoms with Gasteiger partial charge < -0.3 is 10.6 Å². The summed E-state index contributed by atoms with van der Waals surface area (Å²) in [6.45, 7) is 11.3. The lowest BCUT2D eigenvalue weighted by atomic mass is 10.0. The van der Waals surface area contributed by atoms with Crippen molar-refractivity contribution in [3.05, 3.63) is 0 Å². The van der Waals surface area contributed by atoms with Gasteiger partial charge >= 0.3 is 0 Å². The van der Waals surface area contributed by atoms with Crippen LogP contribution in [0.25, 0.3) is 0 Å². The molecule has 0 amide bonds. The quantitative estimate of drug-likeness (QED) is 0.756. The second kappa shape index (κ2) is 5.83. The van der Waals surface area contributed by atoms with Crippen LogP contribution in [0.5, 0.6) is 0 Å². The van der Waals surface area contributed by atoms with Crippen molar-refractivity contribution in [1.82, 2.24) is 9.80 Å². The van der Waals surface area contributed by atoms with Gasteiger partial charge in [-0.15, -0.1) is 0 Å². The van der Waals surface area contributed by atoms with Crippen molar-refractivity contribution in [2.45, 2.75) is 39.3 Å². The normalized spacial score (nSPS) is 30.0. The SMILES string of the molecule is CC(C)CN1C(C)CN(C)CC1CCN. The van der Waals surface area contributed by atoms with Gasteiger partial charge in [-0.3, -0.25) is 4.90 Å². The maximum Gasteiger partial charge on any atom is 0.0238 e. The first-order valence-corrected chi connectivity index (χ1v) is 6.19. The third-order valence-corrected chi connectivity index (χ3v) is 3.21. The molecule has 1 aliphatic heterocycles. The Morgan fingerprint density at radius 2 is 2.00 bits per heavy atom. The second-order valence-corrected chi connectivity index (χ2v) is 5.39. The number of hydrogen-bond donors (Lipinski definition) is 1. The molecule has 3 nitrogen and oxygen atoms in total. The Morgan fingerprint density at radius 3 is 2.53 bits per heavy atom. The predicted molar refractivity (Wildman–Crippen MR) is 66.0 cm³/mol. The van der Waals surface area contributed by atoms with E-state index in [1.54, 1.807) is 0 Å². The Morgan fingerprint density at radius 1 is 1.33 bits per heavy atom. The number of piperazine rings is 1. The summed E-state index contributed by atoms with van der Waals surface area (Å²) in [7, 11) is 2.22. The number of rotatable bonds is 4. The van der Waals surface area contributed by atoms with E-state index in [1.807, 2.05) is 0 Å². The molecule has 0 bridgehead atoms. The molecule has 0 aromatic rings. The summed E-state index contributed by atoms with van der Waals surface area (Å²) in [6.07, 6.45) is 1.13. The molecular weight excluding hydrogens is 186 g/mol. The first kappa shape index (κ1) is 12.9. The van der Waals surface area contributed by atoms with E-state index in [1.165, 1.54) is 19.6 Å². The van der Waals surface area contributed by atoms with E-state index in [2.05, 4.69) is 37.6 Å². The lowest BCUT2D eigenvalue weighted by Gasteiger charge is -2.45. The number of nitrogens with two attached hydrogens (primary N) is 1. The van der Waals surface area contributed by atoms with Crippen LogP contribution in [0, 0.1) is 5.92 Å². The topological polar surface area (TPSA) is 32.5 Å². The van der Waals surface area contributed by atoms with E-state index >= 15 is 0 Å². The summed E-state index contributed by atoms with van der Waals surface area (Å²) in [6, 6.07) is 1.33. The van der Waals surface area contributed by atoms with Gasteiger partial charge in [-0.2, -0.15) is 0 Å². The first-order chi connectivity index (χ1) is 7.04. The van der Waals surface area contributed by atoms with E-state index in [-0.39, 0.29) is 0 Å². The van der Waals surface area contributed by atoms with E-state index in [9.17, 15) is 0 Å². The van der Waals surface area contributed by atoms with E-state index in [0.29, 0.717) is 12.1 Å². The van der Waals surface area contributed by atoms with Gasteiger partial charge in [-0.1, -0.05) is 13.8 Å². The molecule has 0 aromatic carbocycles. The fraction of sp³-hybridized carbons (Fsp3) is 1.00. The summed E-state index contributed by atoms with van der Waals surface area (Å²) in [5.74, 6) is 0.746. The minimum Gasteiger partial charge on any atom is -0.330 e. The summed E-state index contributed by atoms with van der Waals surface area (Å²) < 4.78 is 0. The van der Waals surface area contributed by atoms with Gasteiger partial charge in [0.15, 0.2) is 0 Å². The Kier molecular flexibility index (Phi) is 5.03. The molecule has 2 atom stereocenters. The Bertz CT molecular complexity index is 182. The average molecular weight is 213 g/mol. The molecule has 90 valence electrons. The fourth-order valence-corrected chi connectivity index (χ4v) is 2.66. The van der Waals surface area contributed by atoms with Crippen LogP contribution in [0.2, 0.25) is 0 Å². The molecule has 3 heteroatoms. The van der Waals surface area contributed by atoms with Crippen LogP contribution < -0.4 is 5.73 Å². The lowest BCUT2D eigenvalue weighted by Crippen LogP contribution is -2.57. The zero-order valence-electron chi connectivity index (χ0n) is 10.7. The third kappa shape index (κ3) is 3.74. The maximum atomic E-state index is 5.70. The standard InChI is InChI=1S/C12H27N3/c1-10(2)7-15-11(3)8-14(4)9-12(15)5-6-13/h10-12H,5-9,13H2,1-4H3.